The Morgan fingerprint density at radius 2 is 2.14 bits per heavy atom. The lowest BCUT2D eigenvalue weighted by Crippen LogP contribution is -2.30. The second-order valence-electron chi connectivity index (χ2n) is 4.60. The minimum atomic E-state index is 0.449. The van der Waals surface area contributed by atoms with Crippen molar-refractivity contribution < 1.29 is 0 Å². The van der Waals surface area contributed by atoms with Gasteiger partial charge in [-0.25, -0.2) is 0 Å². The van der Waals surface area contributed by atoms with Crippen LogP contribution in [-0.2, 0) is 6.54 Å². The number of benzene rings is 1. The van der Waals surface area contributed by atoms with Crippen molar-refractivity contribution in [3.05, 3.63) is 29.8 Å². The molecule has 2 heteroatoms. The van der Waals surface area contributed by atoms with E-state index in [-0.39, 0.29) is 0 Å². The molecule has 0 atom stereocenters. The van der Waals surface area contributed by atoms with Gasteiger partial charge >= 0.3 is 0 Å². The Morgan fingerprint density at radius 1 is 1.43 bits per heavy atom. The van der Waals surface area contributed by atoms with Crippen molar-refractivity contribution in [2.45, 2.75) is 31.8 Å². The molecule has 1 aromatic carbocycles. The number of nitrogen functional groups attached to an aromatic ring is 1. The molecule has 2 N–H and O–H groups in total. The van der Waals surface area contributed by atoms with Gasteiger partial charge < -0.3 is 5.73 Å². The summed E-state index contributed by atoms with van der Waals surface area (Å²) < 4.78 is 0. The van der Waals surface area contributed by atoms with E-state index >= 15 is 0 Å². The standard InChI is InChI=1S/C12H18N2/c1-12(6-7-12)14(2)9-10-4-3-5-11(13)8-10/h3-5,8H,6-7,9,13H2,1-2H3. The third-order valence-corrected chi connectivity index (χ3v) is 3.27. The number of nitrogens with two attached hydrogens (primary N) is 1. The van der Waals surface area contributed by atoms with E-state index in [9.17, 15) is 0 Å². The lowest BCUT2D eigenvalue weighted by molar-refractivity contribution is 0.230. The van der Waals surface area contributed by atoms with Crippen molar-refractivity contribution in [2.75, 3.05) is 12.8 Å². The van der Waals surface area contributed by atoms with Crippen LogP contribution in [0.5, 0.6) is 0 Å². The highest BCUT2D eigenvalue weighted by Crippen LogP contribution is 2.40. The predicted octanol–water partition coefficient (Wildman–Crippen LogP) is 2.25. The number of hydrogen-bond donors (Lipinski definition) is 1. The molecule has 0 heterocycles. The van der Waals surface area contributed by atoms with Crippen molar-refractivity contribution in [2.24, 2.45) is 0 Å². The first kappa shape index (κ1) is 9.53. The van der Waals surface area contributed by atoms with Crippen LogP contribution in [0.4, 0.5) is 5.69 Å². The van der Waals surface area contributed by atoms with Gasteiger partial charge in [0.25, 0.3) is 0 Å². The molecule has 76 valence electrons. The summed E-state index contributed by atoms with van der Waals surface area (Å²) in [5.41, 5.74) is 8.35. The van der Waals surface area contributed by atoms with E-state index in [1.807, 2.05) is 12.1 Å². The number of nitrogens with zero attached hydrogens (tertiary/aromatic N) is 1. The van der Waals surface area contributed by atoms with E-state index < -0.39 is 0 Å². The maximum atomic E-state index is 5.74. The van der Waals surface area contributed by atoms with Gasteiger partial charge in [0, 0.05) is 17.8 Å². The molecule has 0 aliphatic heterocycles. The highest BCUT2D eigenvalue weighted by molar-refractivity contribution is 5.40. The van der Waals surface area contributed by atoms with Gasteiger partial charge in [0.15, 0.2) is 0 Å². The van der Waals surface area contributed by atoms with E-state index in [0.29, 0.717) is 5.54 Å². The Balaban J connectivity index is 2.03. The molecule has 0 amide bonds. The molecular weight excluding hydrogens is 172 g/mol. The second-order valence-corrected chi connectivity index (χ2v) is 4.60. The molecule has 0 aromatic heterocycles. The summed E-state index contributed by atoms with van der Waals surface area (Å²) in [5, 5.41) is 0. The van der Waals surface area contributed by atoms with Crippen LogP contribution in [0.15, 0.2) is 24.3 Å². The summed E-state index contributed by atoms with van der Waals surface area (Å²) in [6.07, 6.45) is 2.65. The van der Waals surface area contributed by atoms with Gasteiger partial charge in [-0.05, 0) is 44.5 Å². The van der Waals surface area contributed by atoms with Crippen molar-refractivity contribution in [3.63, 3.8) is 0 Å². The quantitative estimate of drug-likeness (QED) is 0.741. The summed E-state index contributed by atoms with van der Waals surface area (Å²) in [7, 11) is 2.19. The van der Waals surface area contributed by atoms with Crippen LogP contribution < -0.4 is 5.73 Å². The largest absolute Gasteiger partial charge is 0.399 e. The normalized spacial score (nSPS) is 18.5. The van der Waals surface area contributed by atoms with Gasteiger partial charge in [-0.3, -0.25) is 4.90 Å². The average Bonchev–Trinajstić information content (AvgIpc) is 2.85. The van der Waals surface area contributed by atoms with E-state index in [1.165, 1.54) is 18.4 Å². The first-order valence-electron chi connectivity index (χ1n) is 5.16. The van der Waals surface area contributed by atoms with Gasteiger partial charge in [-0.2, -0.15) is 0 Å². The molecule has 1 aliphatic rings. The highest BCUT2D eigenvalue weighted by Gasteiger charge is 2.40. The monoisotopic (exact) mass is 190 g/mol. The zero-order chi connectivity index (χ0) is 10.2. The van der Waals surface area contributed by atoms with Crippen molar-refractivity contribution in [1.29, 1.82) is 0 Å². The summed E-state index contributed by atoms with van der Waals surface area (Å²) in [4.78, 5) is 2.42. The van der Waals surface area contributed by atoms with Crippen molar-refractivity contribution in [1.82, 2.24) is 4.90 Å². The number of rotatable bonds is 3. The van der Waals surface area contributed by atoms with Crippen LogP contribution in [-0.4, -0.2) is 17.5 Å². The van der Waals surface area contributed by atoms with Crippen LogP contribution in [0.25, 0.3) is 0 Å². The van der Waals surface area contributed by atoms with Crippen molar-refractivity contribution >= 4 is 5.69 Å². The Hall–Kier alpha value is -1.02. The molecule has 1 aromatic rings. The number of hydrogen-bond acceptors (Lipinski definition) is 2. The molecule has 1 fully saturated rings. The van der Waals surface area contributed by atoms with Gasteiger partial charge in [-0.15, -0.1) is 0 Å². The van der Waals surface area contributed by atoms with Crippen LogP contribution in [0.3, 0.4) is 0 Å². The van der Waals surface area contributed by atoms with Crippen LogP contribution in [0.1, 0.15) is 25.3 Å². The topological polar surface area (TPSA) is 29.3 Å². The minimum absolute atomic E-state index is 0.449. The molecule has 0 saturated heterocycles. The van der Waals surface area contributed by atoms with Crippen LogP contribution >= 0.6 is 0 Å². The van der Waals surface area contributed by atoms with Gasteiger partial charge in [-0.1, -0.05) is 12.1 Å². The van der Waals surface area contributed by atoms with E-state index in [1.54, 1.807) is 0 Å². The summed E-state index contributed by atoms with van der Waals surface area (Å²) in [5.74, 6) is 0. The smallest absolute Gasteiger partial charge is 0.0317 e. The molecule has 1 saturated carbocycles. The summed E-state index contributed by atoms with van der Waals surface area (Å²) in [6, 6.07) is 8.15. The molecule has 0 bridgehead atoms. The number of anilines is 1. The third kappa shape index (κ3) is 1.90. The maximum Gasteiger partial charge on any atom is 0.0317 e. The van der Waals surface area contributed by atoms with Gasteiger partial charge in [0.1, 0.15) is 0 Å². The van der Waals surface area contributed by atoms with E-state index in [0.717, 1.165) is 12.2 Å². The molecule has 0 radical (unpaired) electrons. The highest BCUT2D eigenvalue weighted by atomic mass is 15.2. The Bertz CT molecular complexity index is 329. The van der Waals surface area contributed by atoms with E-state index in [2.05, 4.69) is 31.0 Å². The summed E-state index contributed by atoms with van der Waals surface area (Å²) >= 11 is 0. The predicted molar refractivity (Wildman–Crippen MR) is 60.0 cm³/mol. The molecule has 2 nitrogen and oxygen atoms in total. The molecule has 2 rings (SSSR count). The summed E-state index contributed by atoms with van der Waals surface area (Å²) in [6.45, 7) is 3.32. The first-order chi connectivity index (χ1) is 6.60. The molecule has 1 aliphatic carbocycles. The van der Waals surface area contributed by atoms with Crippen LogP contribution in [0, 0.1) is 0 Å². The zero-order valence-electron chi connectivity index (χ0n) is 8.96. The minimum Gasteiger partial charge on any atom is -0.399 e. The average molecular weight is 190 g/mol. The fourth-order valence-corrected chi connectivity index (χ4v) is 1.72. The molecule has 0 spiro atoms. The fraction of sp³-hybridized carbons (Fsp3) is 0.500. The second kappa shape index (κ2) is 3.28. The molecule has 14 heavy (non-hydrogen) atoms. The molecular formula is C12H18N2. The van der Waals surface area contributed by atoms with E-state index in [4.69, 9.17) is 5.73 Å². The lowest BCUT2D eigenvalue weighted by Gasteiger charge is -2.24. The Labute approximate surface area is 85.7 Å². The lowest BCUT2D eigenvalue weighted by atomic mass is 10.1. The third-order valence-electron chi connectivity index (χ3n) is 3.27. The fourth-order valence-electron chi connectivity index (χ4n) is 1.72. The zero-order valence-corrected chi connectivity index (χ0v) is 8.96. The van der Waals surface area contributed by atoms with Gasteiger partial charge in [0.05, 0.1) is 0 Å². The SMILES string of the molecule is CN(Cc1cccc(N)c1)C1(C)CC1. The molecule has 0 unspecified atom stereocenters. The van der Waals surface area contributed by atoms with Crippen LogP contribution in [0.2, 0.25) is 0 Å². The first-order valence-corrected chi connectivity index (χ1v) is 5.16. The Morgan fingerprint density at radius 3 is 2.71 bits per heavy atom. The van der Waals surface area contributed by atoms with Crippen molar-refractivity contribution in [3.8, 4) is 0 Å². The maximum absolute atomic E-state index is 5.74. The van der Waals surface area contributed by atoms with Gasteiger partial charge in [0.2, 0.25) is 0 Å². The Kier molecular flexibility index (Phi) is 2.23.